The molecule has 0 amide bonds. The second kappa shape index (κ2) is 8.32. The van der Waals surface area contributed by atoms with Crippen molar-refractivity contribution < 1.29 is 44.2 Å². The number of fused-ring (bicyclic) bond motifs is 1. The first-order valence-electron chi connectivity index (χ1n) is 9.74. The maximum Gasteiger partial charge on any atom is 0.229 e. The summed E-state index contributed by atoms with van der Waals surface area (Å²) in [5, 5.41) is 50.1. The molecule has 1 aromatic heterocycles. The van der Waals surface area contributed by atoms with E-state index in [1.54, 1.807) is 6.07 Å². The van der Waals surface area contributed by atoms with E-state index in [4.69, 9.17) is 18.6 Å². The van der Waals surface area contributed by atoms with E-state index < -0.39 is 41.9 Å². The minimum absolute atomic E-state index is 0.0679. The van der Waals surface area contributed by atoms with Crippen LogP contribution in [0.25, 0.3) is 22.3 Å². The number of rotatable bonds is 4. The Morgan fingerprint density at radius 1 is 0.906 bits per heavy atom. The molecular weight excluding hydrogens is 424 g/mol. The third-order valence-electron chi connectivity index (χ3n) is 5.32. The average Bonchev–Trinajstić information content (AvgIpc) is 2.77. The van der Waals surface area contributed by atoms with E-state index in [9.17, 15) is 30.3 Å². The Balaban J connectivity index is 1.70. The van der Waals surface area contributed by atoms with Crippen molar-refractivity contribution in [2.24, 2.45) is 0 Å². The van der Waals surface area contributed by atoms with E-state index in [2.05, 4.69) is 0 Å². The van der Waals surface area contributed by atoms with Gasteiger partial charge in [-0.05, 0) is 31.2 Å². The Hall–Kier alpha value is -3.31. The molecule has 0 saturated carbocycles. The van der Waals surface area contributed by atoms with Crippen molar-refractivity contribution in [3.05, 3.63) is 46.6 Å². The molecule has 2 heterocycles. The van der Waals surface area contributed by atoms with E-state index in [-0.39, 0.29) is 34.0 Å². The van der Waals surface area contributed by atoms with Gasteiger partial charge in [-0.2, -0.15) is 0 Å². The smallest absolute Gasteiger partial charge is 0.229 e. The normalized spacial score (nSPS) is 25.6. The lowest BCUT2D eigenvalue weighted by molar-refractivity contribution is -0.268. The molecule has 4 rings (SSSR count). The van der Waals surface area contributed by atoms with Gasteiger partial charge in [0.05, 0.1) is 18.6 Å². The van der Waals surface area contributed by atoms with Crippen molar-refractivity contribution >= 4 is 11.0 Å². The molecule has 0 unspecified atom stereocenters. The Morgan fingerprint density at radius 2 is 1.66 bits per heavy atom. The van der Waals surface area contributed by atoms with Crippen LogP contribution >= 0.6 is 0 Å². The van der Waals surface area contributed by atoms with Crippen molar-refractivity contribution in [2.75, 3.05) is 7.11 Å². The van der Waals surface area contributed by atoms with Crippen LogP contribution in [0, 0.1) is 0 Å². The van der Waals surface area contributed by atoms with Crippen LogP contribution in [-0.4, -0.2) is 63.3 Å². The van der Waals surface area contributed by atoms with E-state index in [0.717, 1.165) is 0 Å². The molecule has 170 valence electrons. The number of aliphatic hydroxyl groups excluding tert-OH is 3. The van der Waals surface area contributed by atoms with Crippen LogP contribution in [0.1, 0.15) is 6.92 Å². The quantitative estimate of drug-likeness (QED) is 0.393. The van der Waals surface area contributed by atoms with Gasteiger partial charge in [0.1, 0.15) is 29.7 Å². The van der Waals surface area contributed by atoms with Gasteiger partial charge in [0.2, 0.25) is 6.29 Å². The third-order valence-corrected chi connectivity index (χ3v) is 5.32. The molecule has 5 N–H and O–H groups in total. The zero-order valence-corrected chi connectivity index (χ0v) is 17.1. The molecule has 0 aliphatic carbocycles. The fourth-order valence-electron chi connectivity index (χ4n) is 3.47. The number of phenolic OH excluding ortho intramolecular Hbond substituents is 2. The lowest BCUT2D eigenvalue weighted by atomic mass is 10.00. The second-order valence-corrected chi connectivity index (χ2v) is 7.48. The number of benzene rings is 2. The van der Waals surface area contributed by atoms with Gasteiger partial charge in [-0.15, -0.1) is 0 Å². The Kier molecular flexibility index (Phi) is 5.70. The molecule has 0 radical (unpaired) electrons. The fraction of sp³-hybridized carbons (Fsp3) is 0.318. The van der Waals surface area contributed by atoms with E-state index >= 15 is 0 Å². The molecular formula is C22H22O10. The van der Waals surface area contributed by atoms with Crippen LogP contribution < -0.4 is 14.9 Å². The molecule has 3 aromatic rings. The number of aliphatic hydroxyl groups is 3. The first-order chi connectivity index (χ1) is 15.2. The number of methoxy groups -OCH3 is 1. The monoisotopic (exact) mass is 446 g/mol. The van der Waals surface area contributed by atoms with Gasteiger partial charge >= 0.3 is 0 Å². The largest absolute Gasteiger partial charge is 0.504 e. The lowest BCUT2D eigenvalue weighted by Crippen LogP contribution is -2.58. The molecule has 10 heteroatoms. The highest BCUT2D eigenvalue weighted by atomic mass is 16.7. The molecule has 1 aliphatic heterocycles. The topological polar surface area (TPSA) is 159 Å². The highest BCUT2D eigenvalue weighted by molar-refractivity contribution is 5.82. The molecule has 5 atom stereocenters. The Labute approximate surface area is 181 Å². The zero-order chi connectivity index (χ0) is 23.2. The third kappa shape index (κ3) is 3.84. The van der Waals surface area contributed by atoms with Gasteiger partial charge in [-0.3, -0.25) is 4.79 Å². The maximum absolute atomic E-state index is 12.7. The van der Waals surface area contributed by atoms with Gasteiger partial charge < -0.3 is 44.2 Å². The standard InChI is InChI=1S/C22H22O10/c1-9-19(26)20(27)21(28)22(30-9)32-18-6-11-13(24)7-15(31-16(11)8-14(18)25)10-3-4-12(23)17(5-10)29-2/h3-9,19-23,25-28H,1-2H3/t9-,19+,20+,21-,22+/m1/s1. The molecule has 0 spiro atoms. The molecule has 1 fully saturated rings. The van der Waals surface area contributed by atoms with Crippen molar-refractivity contribution in [1.82, 2.24) is 0 Å². The molecule has 2 aromatic carbocycles. The van der Waals surface area contributed by atoms with Gasteiger partial charge in [0.15, 0.2) is 28.4 Å². The van der Waals surface area contributed by atoms with Crippen molar-refractivity contribution in [3.63, 3.8) is 0 Å². The van der Waals surface area contributed by atoms with Crippen LogP contribution in [-0.2, 0) is 4.74 Å². The van der Waals surface area contributed by atoms with Crippen molar-refractivity contribution in [3.8, 4) is 34.3 Å². The predicted octanol–water partition coefficient (Wildman–Crippen LogP) is 1.09. The van der Waals surface area contributed by atoms with Crippen LogP contribution in [0.2, 0.25) is 0 Å². The summed E-state index contributed by atoms with van der Waals surface area (Å²) in [7, 11) is 1.39. The summed E-state index contributed by atoms with van der Waals surface area (Å²) >= 11 is 0. The Bertz CT molecular complexity index is 1200. The number of hydrogen-bond acceptors (Lipinski definition) is 10. The zero-order valence-electron chi connectivity index (χ0n) is 17.1. The first-order valence-corrected chi connectivity index (χ1v) is 9.74. The molecule has 32 heavy (non-hydrogen) atoms. The summed E-state index contributed by atoms with van der Waals surface area (Å²) in [5.74, 6) is -0.262. The summed E-state index contributed by atoms with van der Waals surface area (Å²) in [5.41, 5.74) is 0.101. The minimum atomic E-state index is -1.58. The molecule has 1 aliphatic rings. The molecule has 0 bridgehead atoms. The summed E-state index contributed by atoms with van der Waals surface area (Å²) in [6, 6.07) is 8.09. The molecule has 1 saturated heterocycles. The summed E-state index contributed by atoms with van der Waals surface area (Å²) in [6.45, 7) is 1.49. The van der Waals surface area contributed by atoms with Crippen molar-refractivity contribution in [1.29, 1.82) is 0 Å². The van der Waals surface area contributed by atoms with E-state index in [1.807, 2.05) is 0 Å². The van der Waals surface area contributed by atoms with Crippen LogP contribution in [0.5, 0.6) is 23.0 Å². The van der Waals surface area contributed by atoms with Crippen LogP contribution in [0.15, 0.2) is 45.6 Å². The first kappa shape index (κ1) is 21.9. The second-order valence-electron chi connectivity index (χ2n) is 7.48. The van der Waals surface area contributed by atoms with Gasteiger partial charge in [0, 0.05) is 17.7 Å². The van der Waals surface area contributed by atoms with E-state index in [1.165, 1.54) is 44.4 Å². The number of ether oxygens (including phenoxy) is 3. The number of phenols is 2. The predicted molar refractivity (Wildman–Crippen MR) is 111 cm³/mol. The summed E-state index contributed by atoms with van der Waals surface area (Å²) in [4.78, 5) is 12.7. The van der Waals surface area contributed by atoms with Crippen molar-refractivity contribution in [2.45, 2.75) is 37.6 Å². The lowest BCUT2D eigenvalue weighted by Gasteiger charge is -2.38. The number of hydrogen-bond donors (Lipinski definition) is 5. The van der Waals surface area contributed by atoms with Crippen LogP contribution in [0.3, 0.4) is 0 Å². The van der Waals surface area contributed by atoms with Gasteiger partial charge in [-0.25, -0.2) is 0 Å². The summed E-state index contributed by atoms with van der Waals surface area (Å²) < 4.78 is 21.7. The minimum Gasteiger partial charge on any atom is -0.504 e. The highest BCUT2D eigenvalue weighted by Gasteiger charge is 2.43. The van der Waals surface area contributed by atoms with E-state index in [0.29, 0.717) is 5.56 Å². The fourth-order valence-corrected chi connectivity index (χ4v) is 3.47. The molecule has 10 nitrogen and oxygen atoms in total. The highest BCUT2D eigenvalue weighted by Crippen LogP contribution is 2.36. The number of aromatic hydroxyl groups is 2. The van der Waals surface area contributed by atoms with Gasteiger partial charge in [0.25, 0.3) is 0 Å². The SMILES string of the molecule is COc1cc(-c2cc(=O)c3cc(O[C@@H]4O[C@H](C)[C@H](O)[C@H](O)[C@H]4O)c(O)cc3o2)ccc1O. The maximum atomic E-state index is 12.7. The summed E-state index contributed by atoms with van der Waals surface area (Å²) in [6.07, 6.45) is -6.63. The van der Waals surface area contributed by atoms with Crippen LogP contribution in [0.4, 0.5) is 0 Å². The Morgan fingerprint density at radius 3 is 2.38 bits per heavy atom. The van der Waals surface area contributed by atoms with Gasteiger partial charge in [-0.1, -0.05) is 0 Å². The average molecular weight is 446 g/mol.